The van der Waals surface area contributed by atoms with Gasteiger partial charge in [-0.3, -0.25) is 24.3 Å². The number of rotatable bonds is 4. The summed E-state index contributed by atoms with van der Waals surface area (Å²) in [6, 6.07) is 11.6. The third kappa shape index (κ3) is 3.20. The summed E-state index contributed by atoms with van der Waals surface area (Å²) in [5.74, 6) is -2.64. The Labute approximate surface area is 174 Å². The standard InChI is InChI=1S/C24H21N3O3/c1-14-11-15(2)19(16(3)12-14)22(28)20-21(17-7-6-9-25-13-17)27(24(30)23(20)29)18-8-4-5-10-26-18/h4-13,20-21H,1-3H3. The number of carbonyl (C=O) groups excluding carboxylic acids is 3. The number of carbonyl (C=O) groups is 3. The van der Waals surface area contributed by atoms with Gasteiger partial charge in [-0.15, -0.1) is 0 Å². The van der Waals surface area contributed by atoms with Gasteiger partial charge in [0, 0.05) is 24.2 Å². The molecule has 6 heteroatoms. The first kappa shape index (κ1) is 19.6. The van der Waals surface area contributed by atoms with Crippen molar-refractivity contribution in [3.05, 3.63) is 88.9 Å². The van der Waals surface area contributed by atoms with Gasteiger partial charge in [-0.25, -0.2) is 4.98 Å². The number of amides is 1. The molecule has 0 N–H and O–H groups in total. The summed E-state index contributed by atoms with van der Waals surface area (Å²) < 4.78 is 0. The molecule has 0 aliphatic carbocycles. The molecule has 3 heterocycles. The number of benzene rings is 1. The lowest BCUT2D eigenvalue weighted by Gasteiger charge is -2.26. The Morgan fingerprint density at radius 1 is 0.967 bits per heavy atom. The molecule has 0 bridgehead atoms. The largest absolute Gasteiger partial charge is 0.297 e. The smallest absolute Gasteiger partial charge is 0.293 e. The minimum absolute atomic E-state index is 0.331. The van der Waals surface area contributed by atoms with E-state index in [2.05, 4.69) is 9.97 Å². The van der Waals surface area contributed by atoms with E-state index in [1.165, 1.54) is 4.90 Å². The zero-order chi connectivity index (χ0) is 21.4. The fourth-order valence-electron chi connectivity index (χ4n) is 4.29. The lowest BCUT2D eigenvalue weighted by molar-refractivity contribution is -0.135. The molecule has 1 aromatic carbocycles. The molecular weight excluding hydrogens is 378 g/mol. The molecule has 150 valence electrons. The second-order valence-corrected chi connectivity index (χ2v) is 7.57. The first-order valence-corrected chi connectivity index (χ1v) is 9.70. The highest BCUT2D eigenvalue weighted by Gasteiger charge is 2.53. The molecule has 0 radical (unpaired) electrons. The molecule has 1 amide bonds. The average Bonchev–Trinajstić information content (AvgIpc) is 2.99. The fourth-order valence-corrected chi connectivity index (χ4v) is 4.29. The van der Waals surface area contributed by atoms with Crippen LogP contribution in [0.25, 0.3) is 0 Å². The van der Waals surface area contributed by atoms with Gasteiger partial charge in [-0.05, 0) is 55.7 Å². The number of pyridine rings is 2. The summed E-state index contributed by atoms with van der Waals surface area (Å²) >= 11 is 0. The van der Waals surface area contributed by atoms with Crippen LogP contribution in [0.5, 0.6) is 0 Å². The molecule has 2 atom stereocenters. The Bertz CT molecular complexity index is 1120. The third-order valence-electron chi connectivity index (χ3n) is 5.43. The van der Waals surface area contributed by atoms with E-state index in [9.17, 15) is 14.4 Å². The van der Waals surface area contributed by atoms with Crippen LogP contribution in [-0.2, 0) is 9.59 Å². The minimum atomic E-state index is -1.16. The van der Waals surface area contributed by atoms with E-state index in [1.807, 2.05) is 32.9 Å². The highest BCUT2D eigenvalue weighted by molar-refractivity contribution is 6.49. The first-order valence-electron chi connectivity index (χ1n) is 9.70. The van der Waals surface area contributed by atoms with Gasteiger partial charge in [0.2, 0.25) is 5.78 Å². The molecule has 0 saturated carbocycles. The van der Waals surface area contributed by atoms with Crippen molar-refractivity contribution in [1.29, 1.82) is 0 Å². The Morgan fingerprint density at radius 2 is 1.70 bits per heavy atom. The van der Waals surface area contributed by atoms with Gasteiger partial charge in [-0.2, -0.15) is 0 Å². The third-order valence-corrected chi connectivity index (χ3v) is 5.43. The summed E-state index contributed by atoms with van der Waals surface area (Å²) in [7, 11) is 0. The summed E-state index contributed by atoms with van der Waals surface area (Å²) in [5, 5.41) is 0. The van der Waals surface area contributed by atoms with Crippen LogP contribution in [0, 0.1) is 26.7 Å². The molecule has 30 heavy (non-hydrogen) atoms. The highest BCUT2D eigenvalue weighted by atomic mass is 16.2. The van der Waals surface area contributed by atoms with E-state index in [4.69, 9.17) is 0 Å². The first-order chi connectivity index (χ1) is 14.4. The molecule has 0 spiro atoms. The van der Waals surface area contributed by atoms with Crippen LogP contribution in [-0.4, -0.2) is 27.4 Å². The number of hydrogen-bond acceptors (Lipinski definition) is 5. The molecule has 1 aliphatic rings. The summed E-state index contributed by atoms with van der Waals surface area (Å²) in [6.07, 6.45) is 4.75. The average molecular weight is 399 g/mol. The van der Waals surface area contributed by atoms with Crippen LogP contribution >= 0.6 is 0 Å². The van der Waals surface area contributed by atoms with Crippen LogP contribution in [0.15, 0.2) is 61.1 Å². The number of aromatic nitrogens is 2. The number of aryl methyl sites for hydroxylation is 3. The van der Waals surface area contributed by atoms with Crippen molar-refractivity contribution >= 4 is 23.3 Å². The molecule has 1 aliphatic heterocycles. The van der Waals surface area contributed by atoms with Crippen molar-refractivity contribution < 1.29 is 14.4 Å². The van der Waals surface area contributed by atoms with E-state index in [0.717, 1.165) is 16.7 Å². The second-order valence-electron chi connectivity index (χ2n) is 7.57. The molecule has 1 saturated heterocycles. The lowest BCUT2D eigenvalue weighted by atomic mass is 9.83. The van der Waals surface area contributed by atoms with Crippen molar-refractivity contribution in [3.8, 4) is 0 Å². The molecular formula is C24H21N3O3. The van der Waals surface area contributed by atoms with E-state index >= 15 is 0 Å². The Hall–Kier alpha value is -3.67. The molecule has 1 fully saturated rings. The summed E-state index contributed by atoms with van der Waals surface area (Å²) in [4.78, 5) is 49.5. The van der Waals surface area contributed by atoms with Gasteiger partial charge in [-0.1, -0.05) is 29.8 Å². The fraction of sp³-hybridized carbons (Fsp3) is 0.208. The van der Waals surface area contributed by atoms with Gasteiger partial charge >= 0.3 is 0 Å². The van der Waals surface area contributed by atoms with Crippen LogP contribution in [0.1, 0.15) is 38.7 Å². The summed E-state index contributed by atoms with van der Waals surface area (Å²) in [6.45, 7) is 5.66. The van der Waals surface area contributed by atoms with E-state index in [1.54, 1.807) is 48.9 Å². The molecule has 4 rings (SSSR count). The van der Waals surface area contributed by atoms with Crippen LogP contribution in [0.2, 0.25) is 0 Å². The monoisotopic (exact) mass is 399 g/mol. The van der Waals surface area contributed by atoms with Gasteiger partial charge in [0.15, 0.2) is 5.78 Å². The predicted octanol–water partition coefficient (Wildman–Crippen LogP) is 3.56. The van der Waals surface area contributed by atoms with Crippen LogP contribution in [0.4, 0.5) is 5.82 Å². The van der Waals surface area contributed by atoms with Crippen molar-refractivity contribution in [1.82, 2.24) is 9.97 Å². The van der Waals surface area contributed by atoms with Crippen LogP contribution in [0.3, 0.4) is 0 Å². The Morgan fingerprint density at radius 3 is 2.30 bits per heavy atom. The van der Waals surface area contributed by atoms with Crippen molar-refractivity contribution in [2.24, 2.45) is 5.92 Å². The zero-order valence-corrected chi connectivity index (χ0v) is 17.0. The van der Waals surface area contributed by atoms with E-state index in [-0.39, 0.29) is 5.78 Å². The van der Waals surface area contributed by atoms with E-state index in [0.29, 0.717) is 16.9 Å². The molecule has 3 aromatic rings. The highest BCUT2D eigenvalue weighted by Crippen LogP contribution is 2.41. The quantitative estimate of drug-likeness (QED) is 0.381. The number of anilines is 1. The minimum Gasteiger partial charge on any atom is -0.293 e. The Balaban J connectivity index is 1.89. The van der Waals surface area contributed by atoms with Gasteiger partial charge in [0.05, 0.1) is 6.04 Å². The van der Waals surface area contributed by atoms with Crippen molar-refractivity contribution in [2.45, 2.75) is 26.8 Å². The lowest BCUT2D eigenvalue weighted by Crippen LogP contribution is -2.31. The SMILES string of the molecule is Cc1cc(C)c(C(=O)C2C(=O)C(=O)N(c3ccccn3)C2c2cccnc2)c(C)c1. The maximum absolute atomic E-state index is 13.7. The summed E-state index contributed by atoms with van der Waals surface area (Å²) in [5.41, 5.74) is 3.72. The maximum atomic E-state index is 13.7. The number of ketones is 2. The second kappa shape index (κ2) is 7.63. The van der Waals surface area contributed by atoms with Gasteiger partial charge in [0.1, 0.15) is 11.7 Å². The van der Waals surface area contributed by atoms with Gasteiger partial charge in [0.25, 0.3) is 5.91 Å². The van der Waals surface area contributed by atoms with Crippen molar-refractivity contribution in [2.75, 3.05) is 4.90 Å². The normalized spacial score (nSPS) is 18.7. The van der Waals surface area contributed by atoms with Gasteiger partial charge < -0.3 is 0 Å². The number of Topliss-reactive ketones (excluding diaryl/α,β-unsaturated/α-hetero) is 2. The van der Waals surface area contributed by atoms with Crippen molar-refractivity contribution in [3.63, 3.8) is 0 Å². The number of hydrogen-bond donors (Lipinski definition) is 0. The Kier molecular flexibility index (Phi) is 4.99. The van der Waals surface area contributed by atoms with E-state index < -0.39 is 23.7 Å². The predicted molar refractivity (Wildman–Crippen MR) is 112 cm³/mol. The molecule has 2 aromatic heterocycles. The number of nitrogens with zero attached hydrogens (tertiary/aromatic N) is 3. The van der Waals surface area contributed by atoms with Crippen LogP contribution < -0.4 is 4.90 Å². The zero-order valence-electron chi connectivity index (χ0n) is 17.0. The maximum Gasteiger partial charge on any atom is 0.297 e. The molecule has 2 unspecified atom stereocenters. The molecule has 6 nitrogen and oxygen atoms in total. The topological polar surface area (TPSA) is 80.2 Å².